The van der Waals surface area contributed by atoms with Crippen LogP contribution in [0, 0.1) is 0 Å². The quantitative estimate of drug-likeness (QED) is 0.797. The van der Waals surface area contributed by atoms with E-state index in [4.69, 9.17) is 16.3 Å². The van der Waals surface area contributed by atoms with Crippen molar-refractivity contribution in [2.24, 2.45) is 0 Å². The lowest BCUT2D eigenvalue weighted by molar-refractivity contribution is -0.119. The van der Waals surface area contributed by atoms with Gasteiger partial charge in [0.25, 0.3) is 0 Å². The van der Waals surface area contributed by atoms with E-state index in [0.717, 1.165) is 5.56 Å². The van der Waals surface area contributed by atoms with E-state index in [-0.39, 0.29) is 11.9 Å². The number of carbonyl (C=O) groups is 1. The molecule has 4 nitrogen and oxygen atoms in total. The second-order valence-corrected chi connectivity index (χ2v) is 6.75. The van der Waals surface area contributed by atoms with E-state index in [1.54, 1.807) is 12.3 Å². The average molecular weight is 357 g/mol. The standard InChI is InChI=1S/C20H21ClN2O2/c1-13(23-14(2)24)3-4-15-5-10-20(22-12-15)25-19-9-8-17(11-18(19)21)16-6-7-16/h3-5,8-13,16H,6-7H2,1-2H3,(H,23,24)/b4-3+/t13-/m0/s1. The fourth-order valence-electron chi connectivity index (χ4n) is 2.56. The zero-order valence-corrected chi connectivity index (χ0v) is 15.1. The summed E-state index contributed by atoms with van der Waals surface area (Å²) in [5.74, 6) is 1.72. The van der Waals surface area contributed by atoms with Crippen molar-refractivity contribution in [3.63, 3.8) is 0 Å². The van der Waals surface area contributed by atoms with Crippen LogP contribution in [0.25, 0.3) is 6.08 Å². The molecular formula is C20H21ClN2O2. The Labute approximate surface area is 152 Å². The molecule has 1 aliphatic rings. The molecule has 5 heteroatoms. The van der Waals surface area contributed by atoms with Crippen molar-refractivity contribution in [3.05, 3.63) is 58.8 Å². The maximum atomic E-state index is 11.0. The molecule has 0 radical (unpaired) electrons. The van der Waals surface area contributed by atoms with Gasteiger partial charge in [-0.05, 0) is 55.0 Å². The molecule has 1 amide bonds. The molecule has 3 rings (SSSR count). The minimum Gasteiger partial charge on any atom is -0.437 e. The molecule has 130 valence electrons. The highest BCUT2D eigenvalue weighted by atomic mass is 35.5. The van der Waals surface area contributed by atoms with Crippen LogP contribution in [0.1, 0.15) is 43.7 Å². The van der Waals surface area contributed by atoms with Gasteiger partial charge in [0.2, 0.25) is 11.8 Å². The van der Waals surface area contributed by atoms with E-state index in [9.17, 15) is 4.79 Å². The summed E-state index contributed by atoms with van der Waals surface area (Å²) in [4.78, 5) is 15.3. The molecule has 1 fully saturated rings. The third-order valence-corrected chi connectivity index (χ3v) is 4.28. The number of ether oxygens (including phenoxy) is 1. The Morgan fingerprint density at radius 3 is 2.76 bits per heavy atom. The maximum absolute atomic E-state index is 11.0. The summed E-state index contributed by atoms with van der Waals surface area (Å²) in [6, 6.07) is 9.63. The lowest BCUT2D eigenvalue weighted by atomic mass is 10.1. The summed E-state index contributed by atoms with van der Waals surface area (Å²) in [7, 11) is 0. The lowest BCUT2D eigenvalue weighted by Crippen LogP contribution is -2.28. The van der Waals surface area contributed by atoms with E-state index in [0.29, 0.717) is 22.6 Å². The molecule has 1 saturated carbocycles. The fourth-order valence-corrected chi connectivity index (χ4v) is 2.79. The van der Waals surface area contributed by atoms with Gasteiger partial charge < -0.3 is 10.1 Å². The molecule has 0 unspecified atom stereocenters. The third-order valence-electron chi connectivity index (χ3n) is 3.99. The van der Waals surface area contributed by atoms with Crippen LogP contribution >= 0.6 is 11.6 Å². The van der Waals surface area contributed by atoms with Gasteiger partial charge in [-0.2, -0.15) is 0 Å². The highest BCUT2D eigenvalue weighted by Gasteiger charge is 2.24. The topological polar surface area (TPSA) is 51.2 Å². The zero-order chi connectivity index (χ0) is 17.8. The minimum atomic E-state index is -0.0522. The van der Waals surface area contributed by atoms with Crippen molar-refractivity contribution in [1.29, 1.82) is 0 Å². The monoisotopic (exact) mass is 356 g/mol. The molecule has 1 aromatic heterocycles. The largest absolute Gasteiger partial charge is 0.437 e. The van der Waals surface area contributed by atoms with Gasteiger partial charge in [0, 0.05) is 25.2 Å². The van der Waals surface area contributed by atoms with E-state index in [2.05, 4.69) is 16.4 Å². The molecule has 0 aliphatic heterocycles. The first-order valence-corrected chi connectivity index (χ1v) is 8.78. The van der Waals surface area contributed by atoms with E-state index in [1.807, 2.05) is 37.3 Å². The van der Waals surface area contributed by atoms with Crippen molar-refractivity contribution in [2.75, 3.05) is 0 Å². The van der Waals surface area contributed by atoms with Gasteiger partial charge >= 0.3 is 0 Å². The van der Waals surface area contributed by atoms with Crippen LogP contribution in [0.5, 0.6) is 11.6 Å². The Hall–Kier alpha value is -2.33. The average Bonchev–Trinajstić information content (AvgIpc) is 3.40. The number of pyridine rings is 1. The molecule has 1 aromatic carbocycles. The summed E-state index contributed by atoms with van der Waals surface area (Å²) in [6.45, 7) is 3.41. The second kappa shape index (κ2) is 7.70. The minimum absolute atomic E-state index is 0.0304. The van der Waals surface area contributed by atoms with Crippen LogP contribution in [0.15, 0.2) is 42.6 Å². The van der Waals surface area contributed by atoms with Crippen LogP contribution in [0.4, 0.5) is 0 Å². The normalized spacial score (nSPS) is 15.2. The molecule has 0 bridgehead atoms. The molecule has 1 aliphatic carbocycles. The van der Waals surface area contributed by atoms with Crippen LogP contribution in [-0.4, -0.2) is 16.9 Å². The van der Waals surface area contributed by atoms with Crippen molar-refractivity contribution < 1.29 is 9.53 Å². The van der Waals surface area contributed by atoms with Crippen molar-refractivity contribution in [1.82, 2.24) is 10.3 Å². The Bertz CT molecular complexity index is 783. The van der Waals surface area contributed by atoms with Gasteiger partial charge in [-0.1, -0.05) is 29.8 Å². The molecule has 1 atom stereocenters. The number of aromatic nitrogens is 1. The summed E-state index contributed by atoms with van der Waals surface area (Å²) in [5.41, 5.74) is 2.21. The predicted molar refractivity (Wildman–Crippen MR) is 100 cm³/mol. The summed E-state index contributed by atoms with van der Waals surface area (Å²) >= 11 is 6.31. The van der Waals surface area contributed by atoms with Crippen molar-refractivity contribution in [3.8, 4) is 11.6 Å². The summed E-state index contributed by atoms with van der Waals surface area (Å²) in [6.07, 6.45) is 8.03. The van der Waals surface area contributed by atoms with Crippen LogP contribution in [-0.2, 0) is 4.79 Å². The summed E-state index contributed by atoms with van der Waals surface area (Å²) in [5, 5.41) is 3.41. The SMILES string of the molecule is CC(=O)N[C@@H](C)/C=C/c1ccc(Oc2ccc(C3CC3)cc2Cl)nc1. The van der Waals surface area contributed by atoms with Gasteiger partial charge in [0.05, 0.1) is 5.02 Å². The molecule has 2 aromatic rings. The summed E-state index contributed by atoms with van der Waals surface area (Å²) < 4.78 is 5.77. The number of hydrogen-bond donors (Lipinski definition) is 1. The molecule has 0 saturated heterocycles. The first-order chi connectivity index (χ1) is 12.0. The highest BCUT2D eigenvalue weighted by Crippen LogP contribution is 2.42. The number of amides is 1. The van der Waals surface area contributed by atoms with Gasteiger partial charge in [0.15, 0.2) is 0 Å². The third kappa shape index (κ3) is 5.07. The molecule has 0 spiro atoms. The Balaban J connectivity index is 1.62. The van der Waals surface area contributed by atoms with E-state index >= 15 is 0 Å². The van der Waals surface area contributed by atoms with E-state index in [1.165, 1.54) is 25.3 Å². The predicted octanol–water partition coefficient (Wildman–Crippen LogP) is 4.94. The molecule has 1 N–H and O–H groups in total. The maximum Gasteiger partial charge on any atom is 0.219 e. The Kier molecular flexibility index (Phi) is 5.39. The number of carbonyl (C=O) groups excluding carboxylic acids is 1. The number of halogens is 1. The first-order valence-electron chi connectivity index (χ1n) is 8.40. The van der Waals surface area contributed by atoms with Gasteiger partial charge in [-0.3, -0.25) is 4.79 Å². The smallest absolute Gasteiger partial charge is 0.219 e. The Morgan fingerprint density at radius 2 is 2.16 bits per heavy atom. The van der Waals surface area contributed by atoms with Crippen LogP contribution < -0.4 is 10.1 Å². The number of benzene rings is 1. The van der Waals surface area contributed by atoms with Crippen molar-refractivity contribution >= 4 is 23.6 Å². The number of nitrogens with zero attached hydrogens (tertiary/aromatic N) is 1. The Morgan fingerprint density at radius 1 is 1.36 bits per heavy atom. The molecule has 25 heavy (non-hydrogen) atoms. The van der Waals surface area contributed by atoms with E-state index < -0.39 is 0 Å². The van der Waals surface area contributed by atoms with Crippen LogP contribution in [0.3, 0.4) is 0 Å². The molecular weight excluding hydrogens is 336 g/mol. The van der Waals surface area contributed by atoms with Gasteiger partial charge in [-0.25, -0.2) is 4.98 Å². The zero-order valence-electron chi connectivity index (χ0n) is 14.3. The number of rotatable bonds is 6. The first kappa shape index (κ1) is 17.5. The highest BCUT2D eigenvalue weighted by molar-refractivity contribution is 6.32. The van der Waals surface area contributed by atoms with Gasteiger partial charge in [-0.15, -0.1) is 0 Å². The molecule has 1 heterocycles. The van der Waals surface area contributed by atoms with Crippen LogP contribution in [0.2, 0.25) is 5.02 Å². The number of nitrogens with one attached hydrogen (secondary N) is 1. The van der Waals surface area contributed by atoms with Gasteiger partial charge in [0.1, 0.15) is 5.75 Å². The number of hydrogen-bond acceptors (Lipinski definition) is 3. The lowest BCUT2D eigenvalue weighted by Gasteiger charge is -2.09. The van der Waals surface area contributed by atoms with Crippen molar-refractivity contribution in [2.45, 2.75) is 38.6 Å². The second-order valence-electron chi connectivity index (χ2n) is 6.34. The fraction of sp³-hybridized carbons (Fsp3) is 0.300.